The normalized spacial score (nSPS) is 10.8. The molecule has 3 aromatic rings. The first-order chi connectivity index (χ1) is 14.2. The van der Waals surface area contributed by atoms with Crippen LogP contribution in [0.4, 0.5) is 5.69 Å². The zero-order valence-electron chi connectivity index (χ0n) is 17.0. The predicted octanol–water partition coefficient (Wildman–Crippen LogP) is 6.01. The van der Waals surface area contributed by atoms with Crippen molar-refractivity contribution in [2.24, 2.45) is 0 Å². The van der Waals surface area contributed by atoms with Crippen LogP contribution in [0.1, 0.15) is 35.3 Å². The fraction of sp³-hybridized carbons (Fsp3) is 0.192. The number of hydrogen-bond acceptors (Lipinski definition) is 2. The van der Waals surface area contributed by atoms with Gasteiger partial charge in [-0.3, -0.25) is 4.79 Å². The highest BCUT2D eigenvalue weighted by molar-refractivity contribution is 6.07. The maximum Gasteiger partial charge on any atom is 0.258 e. The van der Waals surface area contributed by atoms with Crippen molar-refractivity contribution in [1.29, 1.82) is 0 Å². The van der Waals surface area contributed by atoms with Crippen LogP contribution in [0.2, 0.25) is 0 Å². The summed E-state index contributed by atoms with van der Waals surface area (Å²) in [6.07, 6.45) is 4.99. The number of anilines is 1. The van der Waals surface area contributed by atoms with Gasteiger partial charge in [-0.25, -0.2) is 0 Å². The number of hydrogen-bond donors (Lipinski definition) is 0. The molecule has 0 fully saturated rings. The first-order valence-electron chi connectivity index (χ1n) is 10.1. The molecular formula is C26H27NO2. The van der Waals surface area contributed by atoms with Gasteiger partial charge >= 0.3 is 0 Å². The fourth-order valence-electron chi connectivity index (χ4n) is 3.15. The van der Waals surface area contributed by atoms with Crippen LogP contribution in [-0.2, 0) is 6.42 Å². The Morgan fingerprint density at radius 2 is 1.59 bits per heavy atom. The molecule has 0 aromatic heterocycles. The summed E-state index contributed by atoms with van der Waals surface area (Å²) in [7, 11) is 0. The number of benzene rings is 3. The first-order valence-corrected chi connectivity index (χ1v) is 10.1. The van der Waals surface area contributed by atoms with Crippen molar-refractivity contribution in [1.82, 2.24) is 0 Å². The van der Waals surface area contributed by atoms with Crippen LogP contribution in [0.5, 0.6) is 5.75 Å². The molecule has 0 aliphatic carbocycles. The lowest BCUT2D eigenvalue weighted by Crippen LogP contribution is -2.31. The van der Waals surface area contributed by atoms with E-state index in [-0.39, 0.29) is 5.91 Å². The number of ether oxygens (including phenoxy) is 1. The van der Waals surface area contributed by atoms with E-state index in [9.17, 15) is 4.79 Å². The van der Waals surface area contributed by atoms with Crippen molar-refractivity contribution in [2.45, 2.75) is 20.3 Å². The van der Waals surface area contributed by atoms with E-state index in [0.29, 0.717) is 24.5 Å². The van der Waals surface area contributed by atoms with Crippen molar-refractivity contribution in [3.63, 3.8) is 0 Å². The van der Waals surface area contributed by atoms with Gasteiger partial charge in [-0.05, 0) is 48.7 Å². The van der Waals surface area contributed by atoms with Crippen molar-refractivity contribution >= 4 is 17.7 Å². The molecule has 0 unspecified atom stereocenters. The van der Waals surface area contributed by atoms with Gasteiger partial charge in [0.05, 0.1) is 12.3 Å². The van der Waals surface area contributed by atoms with Gasteiger partial charge in [0.15, 0.2) is 0 Å². The lowest BCUT2D eigenvalue weighted by Gasteiger charge is -2.24. The van der Waals surface area contributed by atoms with E-state index in [2.05, 4.69) is 6.92 Å². The summed E-state index contributed by atoms with van der Waals surface area (Å²) in [5, 5.41) is 0. The highest BCUT2D eigenvalue weighted by Gasteiger charge is 2.20. The summed E-state index contributed by atoms with van der Waals surface area (Å²) in [5.74, 6) is 0.666. The van der Waals surface area contributed by atoms with Crippen LogP contribution >= 0.6 is 0 Å². The van der Waals surface area contributed by atoms with E-state index in [1.165, 1.54) is 5.56 Å². The number of para-hydroxylation sites is 2. The first kappa shape index (κ1) is 20.4. The Hall–Kier alpha value is -3.33. The van der Waals surface area contributed by atoms with Gasteiger partial charge in [0.25, 0.3) is 5.91 Å². The Morgan fingerprint density at radius 1 is 0.897 bits per heavy atom. The second-order valence-corrected chi connectivity index (χ2v) is 6.68. The Kier molecular flexibility index (Phi) is 7.23. The summed E-state index contributed by atoms with van der Waals surface area (Å²) in [5.41, 5.74) is 3.76. The van der Waals surface area contributed by atoms with Crippen molar-refractivity contribution in [3.8, 4) is 5.75 Å². The second-order valence-electron chi connectivity index (χ2n) is 6.68. The smallest absolute Gasteiger partial charge is 0.258 e. The molecule has 3 nitrogen and oxygen atoms in total. The van der Waals surface area contributed by atoms with Gasteiger partial charge in [0, 0.05) is 12.1 Å². The van der Waals surface area contributed by atoms with E-state index < -0.39 is 0 Å². The Balaban J connectivity index is 1.92. The molecule has 0 bridgehead atoms. The lowest BCUT2D eigenvalue weighted by molar-refractivity contribution is 0.0989. The van der Waals surface area contributed by atoms with Crippen LogP contribution in [0.15, 0.2) is 84.9 Å². The number of rotatable bonds is 8. The molecule has 0 spiro atoms. The third-order valence-electron chi connectivity index (χ3n) is 4.71. The summed E-state index contributed by atoms with van der Waals surface area (Å²) < 4.78 is 5.79. The van der Waals surface area contributed by atoms with Crippen LogP contribution in [0.25, 0.3) is 6.08 Å². The molecular weight excluding hydrogens is 358 g/mol. The fourth-order valence-corrected chi connectivity index (χ4v) is 3.15. The van der Waals surface area contributed by atoms with Gasteiger partial charge in [-0.2, -0.15) is 0 Å². The minimum Gasteiger partial charge on any atom is -0.492 e. The number of nitrogens with zero attached hydrogens (tertiary/aromatic N) is 1. The van der Waals surface area contributed by atoms with Crippen molar-refractivity contribution in [3.05, 3.63) is 102 Å². The molecule has 0 aliphatic heterocycles. The number of carbonyl (C=O) groups excluding carboxylic acids is 1. The van der Waals surface area contributed by atoms with Crippen LogP contribution in [-0.4, -0.2) is 19.1 Å². The molecule has 3 aromatic carbocycles. The molecule has 0 radical (unpaired) electrons. The highest BCUT2D eigenvalue weighted by atomic mass is 16.5. The summed E-state index contributed by atoms with van der Waals surface area (Å²) >= 11 is 0. The van der Waals surface area contributed by atoms with Crippen LogP contribution < -0.4 is 9.64 Å². The summed E-state index contributed by atoms with van der Waals surface area (Å²) in [6, 6.07) is 25.6. The Morgan fingerprint density at radius 3 is 2.28 bits per heavy atom. The van der Waals surface area contributed by atoms with Crippen LogP contribution in [0.3, 0.4) is 0 Å². The zero-order chi connectivity index (χ0) is 20.5. The van der Waals surface area contributed by atoms with E-state index in [0.717, 1.165) is 17.7 Å². The van der Waals surface area contributed by atoms with Gasteiger partial charge in [0.2, 0.25) is 0 Å². The number of carbonyl (C=O) groups is 1. The van der Waals surface area contributed by atoms with Gasteiger partial charge in [0.1, 0.15) is 5.75 Å². The Bertz CT molecular complexity index is 946. The predicted molar refractivity (Wildman–Crippen MR) is 121 cm³/mol. The summed E-state index contributed by atoms with van der Waals surface area (Å²) in [4.78, 5) is 15.1. The quantitative estimate of drug-likeness (QED) is 0.475. The SMILES string of the molecule is CCOc1ccccc1N(C/C=C\c1ccccc1)C(=O)c1ccc(CC)cc1. The summed E-state index contributed by atoms with van der Waals surface area (Å²) in [6.45, 7) is 5.05. The third kappa shape index (κ3) is 5.35. The molecule has 0 N–H and O–H groups in total. The standard InChI is InChI=1S/C26H27NO2/c1-3-21-16-18-23(19-17-21)26(28)27(20-10-13-22-11-6-5-7-12-22)24-14-8-9-15-25(24)29-4-2/h5-19H,3-4,20H2,1-2H3/b13-10-. The molecule has 3 heteroatoms. The van der Waals surface area contributed by atoms with E-state index in [1.807, 2.05) is 97.9 Å². The largest absolute Gasteiger partial charge is 0.492 e. The van der Waals surface area contributed by atoms with E-state index >= 15 is 0 Å². The monoisotopic (exact) mass is 385 g/mol. The minimum atomic E-state index is -0.0440. The van der Waals surface area contributed by atoms with Gasteiger partial charge < -0.3 is 9.64 Å². The van der Waals surface area contributed by atoms with E-state index in [4.69, 9.17) is 4.74 Å². The molecule has 3 rings (SSSR count). The van der Waals surface area contributed by atoms with Crippen molar-refractivity contribution in [2.75, 3.05) is 18.1 Å². The Labute approximate surface area is 173 Å². The third-order valence-corrected chi connectivity index (χ3v) is 4.71. The number of amides is 1. The molecule has 148 valence electrons. The molecule has 0 heterocycles. The van der Waals surface area contributed by atoms with Crippen molar-refractivity contribution < 1.29 is 9.53 Å². The van der Waals surface area contributed by atoms with Gasteiger partial charge in [-0.15, -0.1) is 0 Å². The topological polar surface area (TPSA) is 29.5 Å². The highest BCUT2D eigenvalue weighted by Crippen LogP contribution is 2.29. The molecule has 0 atom stereocenters. The van der Waals surface area contributed by atoms with E-state index in [1.54, 1.807) is 4.90 Å². The molecule has 1 amide bonds. The number of aryl methyl sites for hydroxylation is 1. The molecule has 29 heavy (non-hydrogen) atoms. The lowest BCUT2D eigenvalue weighted by atomic mass is 10.1. The zero-order valence-corrected chi connectivity index (χ0v) is 17.0. The molecule has 0 aliphatic rings. The van der Waals surface area contributed by atoms with Gasteiger partial charge in [-0.1, -0.05) is 73.7 Å². The maximum atomic E-state index is 13.4. The van der Waals surface area contributed by atoms with Crippen LogP contribution in [0, 0.1) is 0 Å². The minimum absolute atomic E-state index is 0.0440. The average Bonchev–Trinajstić information content (AvgIpc) is 2.78. The molecule has 0 saturated heterocycles. The second kappa shape index (κ2) is 10.3. The maximum absolute atomic E-state index is 13.4. The average molecular weight is 386 g/mol. The molecule has 0 saturated carbocycles.